The third kappa shape index (κ3) is 2.71. The van der Waals surface area contributed by atoms with Crippen LogP contribution in [0.3, 0.4) is 0 Å². The quantitative estimate of drug-likeness (QED) is 0.751. The summed E-state index contributed by atoms with van der Waals surface area (Å²) >= 11 is 8.76. The van der Waals surface area contributed by atoms with Crippen molar-refractivity contribution < 1.29 is 4.79 Å². The summed E-state index contributed by atoms with van der Waals surface area (Å²) in [4.78, 5) is 12.7. The molecule has 1 aromatic carbocycles. The minimum Gasteiger partial charge on any atom is -0.314 e. The minimum absolute atomic E-state index is 0.00299. The van der Waals surface area contributed by atoms with Gasteiger partial charge in [0.15, 0.2) is 0 Å². The van der Waals surface area contributed by atoms with E-state index in [-0.39, 0.29) is 11.8 Å². The molecule has 0 radical (unpaired) electrons. The smallest absolute Gasteiger partial charge is 0.241 e. The number of benzene rings is 1. The van der Waals surface area contributed by atoms with E-state index in [1.165, 1.54) is 4.90 Å². The van der Waals surface area contributed by atoms with E-state index in [1.54, 1.807) is 7.05 Å². The molecule has 2 nitrogen and oxygen atoms in total. The van der Waals surface area contributed by atoms with Crippen molar-refractivity contribution >= 4 is 39.1 Å². The highest BCUT2D eigenvalue weighted by Crippen LogP contribution is 2.18. The molecule has 0 aliphatic carbocycles. The van der Waals surface area contributed by atoms with Gasteiger partial charge in [0.2, 0.25) is 5.91 Å². The molecule has 70 valence electrons. The molecule has 0 N–H and O–H groups in total. The van der Waals surface area contributed by atoms with Crippen molar-refractivity contribution in [3.63, 3.8) is 0 Å². The molecule has 4 heteroatoms. The van der Waals surface area contributed by atoms with Gasteiger partial charge in [-0.25, -0.2) is 0 Å². The van der Waals surface area contributed by atoms with E-state index in [0.29, 0.717) is 0 Å². The molecule has 0 spiro atoms. The Morgan fingerprint density at radius 3 is 2.85 bits per heavy atom. The van der Waals surface area contributed by atoms with Crippen LogP contribution in [0, 0.1) is 0 Å². The number of hydrogen-bond acceptors (Lipinski definition) is 1. The zero-order valence-electron chi connectivity index (χ0n) is 7.13. The van der Waals surface area contributed by atoms with Crippen LogP contribution in [0.1, 0.15) is 0 Å². The minimum atomic E-state index is -0.111. The van der Waals surface area contributed by atoms with E-state index < -0.39 is 0 Å². The molecule has 0 heterocycles. The summed E-state index contributed by atoms with van der Waals surface area (Å²) in [5.41, 5.74) is 0.833. The monoisotopic (exact) mass is 261 g/mol. The summed E-state index contributed by atoms with van der Waals surface area (Å²) in [6.07, 6.45) is 0. The molecular formula is C9H9BrClNO. The van der Waals surface area contributed by atoms with E-state index in [9.17, 15) is 4.79 Å². The van der Waals surface area contributed by atoms with Crippen LogP contribution in [-0.2, 0) is 4.79 Å². The second kappa shape index (κ2) is 4.63. The van der Waals surface area contributed by atoms with Gasteiger partial charge >= 0.3 is 0 Å². The van der Waals surface area contributed by atoms with Crippen molar-refractivity contribution in [1.82, 2.24) is 0 Å². The van der Waals surface area contributed by atoms with Gasteiger partial charge in [-0.2, -0.15) is 0 Å². The van der Waals surface area contributed by atoms with Gasteiger partial charge < -0.3 is 4.90 Å². The molecule has 0 saturated heterocycles. The number of carbonyl (C=O) groups excluding carboxylic acids is 1. The zero-order valence-corrected chi connectivity index (χ0v) is 9.47. The first-order valence-corrected chi connectivity index (χ1v) is 5.06. The number of anilines is 1. The third-order valence-electron chi connectivity index (χ3n) is 1.68. The Balaban J connectivity index is 2.88. The van der Waals surface area contributed by atoms with E-state index in [4.69, 9.17) is 11.6 Å². The van der Waals surface area contributed by atoms with Gasteiger partial charge in [0, 0.05) is 17.2 Å². The van der Waals surface area contributed by atoms with Crippen LogP contribution in [-0.4, -0.2) is 18.8 Å². The molecular weight excluding hydrogens is 253 g/mol. The number of alkyl halides is 1. The highest BCUT2D eigenvalue weighted by atomic mass is 79.9. The first kappa shape index (κ1) is 10.5. The summed E-state index contributed by atoms with van der Waals surface area (Å²) in [5.74, 6) is -0.108. The van der Waals surface area contributed by atoms with Crippen LogP contribution in [0.4, 0.5) is 5.69 Å². The average Bonchev–Trinajstić information content (AvgIpc) is 2.15. The van der Waals surface area contributed by atoms with Crippen LogP contribution in [0.25, 0.3) is 0 Å². The second-order valence-electron chi connectivity index (χ2n) is 2.57. The maximum Gasteiger partial charge on any atom is 0.241 e. The Kier molecular flexibility index (Phi) is 3.75. The zero-order chi connectivity index (χ0) is 9.84. The number of halogens is 2. The summed E-state index contributed by atoms with van der Waals surface area (Å²) in [5, 5.41) is 0. The van der Waals surface area contributed by atoms with Gasteiger partial charge in [-0.05, 0) is 18.2 Å². The van der Waals surface area contributed by atoms with Crippen molar-refractivity contribution in [2.45, 2.75) is 0 Å². The lowest BCUT2D eigenvalue weighted by molar-refractivity contribution is -0.116. The molecule has 0 atom stereocenters. The predicted octanol–water partition coefficient (Wildman–Crippen LogP) is 2.65. The molecule has 1 aromatic rings. The lowest BCUT2D eigenvalue weighted by Gasteiger charge is -2.15. The van der Waals surface area contributed by atoms with Crippen LogP contribution in [0.5, 0.6) is 0 Å². The van der Waals surface area contributed by atoms with E-state index in [1.807, 2.05) is 24.3 Å². The van der Waals surface area contributed by atoms with Gasteiger partial charge in [-0.1, -0.05) is 22.0 Å². The standard InChI is InChI=1S/C9H9BrClNO/c1-12(9(13)6-11)8-4-2-3-7(10)5-8/h2-5H,6H2,1H3. The molecule has 0 fully saturated rings. The third-order valence-corrected chi connectivity index (χ3v) is 2.41. The summed E-state index contributed by atoms with van der Waals surface area (Å²) in [6.45, 7) is 0. The van der Waals surface area contributed by atoms with Crippen LogP contribution < -0.4 is 4.90 Å². The van der Waals surface area contributed by atoms with Gasteiger partial charge in [0.05, 0.1) is 0 Å². The maximum atomic E-state index is 11.2. The van der Waals surface area contributed by atoms with Gasteiger partial charge in [0.1, 0.15) is 5.88 Å². The summed E-state index contributed by atoms with van der Waals surface area (Å²) in [7, 11) is 1.70. The Hall–Kier alpha value is -0.540. The van der Waals surface area contributed by atoms with Crippen molar-refractivity contribution in [3.05, 3.63) is 28.7 Å². The summed E-state index contributed by atoms with van der Waals surface area (Å²) < 4.78 is 0.944. The second-order valence-corrected chi connectivity index (χ2v) is 3.75. The molecule has 0 bridgehead atoms. The molecule has 0 aliphatic rings. The number of carbonyl (C=O) groups is 1. The fourth-order valence-corrected chi connectivity index (χ4v) is 1.48. The fraction of sp³-hybridized carbons (Fsp3) is 0.222. The van der Waals surface area contributed by atoms with Gasteiger partial charge in [-0.15, -0.1) is 11.6 Å². The van der Waals surface area contributed by atoms with Crippen molar-refractivity contribution in [2.75, 3.05) is 17.8 Å². The Morgan fingerprint density at radius 1 is 1.62 bits per heavy atom. The Labute approximate surface area is 90.6 Å². The first-order valence-electron chi connectivity index (χ1n) is 3.73. The van der Waals surface area contributed by atoms with Crippen LogP contribution in [0.2, 0.25) is 0 Å². The van der Waals surface area contributed by atoms with Crippen molar-refractivity contribution in [2.24, 2.45) is 0 Å². The SMILES string of the molecule is CN(C(=O)CCl)c1cccc(Br)c1. The van der Waals surface area contributed by atoms with Gasteiger partial charge in [0.25, 0.3) is 0 Å². The fourth-order valence-electron chi connectivity index (χ4n) is 0.918. The van der Waals surface area contributed by atoms with Crippen molar-refractivity contribution in [1.29, 1.82) is 0 Å². The first-order chi connectivity index (χ1) is 6.15. The molecule has 0 unspecified atom stereocenters. The van der Waals surface area contributed by atoms with Crippen LogP contribution in [0.15, 0.2) is 28.7 Å². The highest BCUT2D eigenvalue weighted by Gasteiger charge is 2.08. The van der Waals surface area contributed by atoms with Gasteiger partial charge in [-0.3, -0.25) is 4.79 Å². The molecule has 0 aromatic heterocycles. The lowest BCUT2D eigenvalue weighted by atomic mass is 10.3. The number of hydrogen-bond donors (Lipinski definition) is 0. The van der Waals surface area contributed by atoms with Crippen LogP contribution >= 0.6 is 27.5 Å². The Morgan fingerprint density at radius 2 is 2.31 bits per heavy atom. The molecule has 0 saturated carbocycles. The predicted molar refractivity (Wildman–Crippen MR) is 58.3 cm³/mol. The maximum absolute atomic E-state index is 11.2. The molecule has 13 heavy (non-hydrogen) atoms. The number of rotatable bonds is 2. The average molecular weight is 263 g/mol. The molecule has 1 amide bonds. The Bertz CT molecular complexity index is 316. The normalized spacial score (nSPS) is 9.77. The number of amides is 1. The topological polar surface area (TPSA) is 20.3 Å². The molecule has 0 aliphatic heterocycles. The summed E-state index contributed by atoms with van der Waals surface area (Å²) in [6, 6.07) is 7.50. The number of nitrogens with zero attached hydrogens (tertiary/aromatic N) is 1. The van der Waals surface area contributed by atoms with E-state index >= 15 is 0 Å². The highest BCUT2D eigenvalue weighted by molar-refractivity contribution is 9.10. The van der Waals surface area contributed by atoms with E-state index in [0.717, 1.165) is 10.2 Å². The van der Waals surface area contributed by atoms with Crippen molar-refractivity contribution in [3.8, 4) is 0 Å². The largest absolute Gasteiger partial charge is 0.314 e. The lowest BCUT2D eigenvalue weighted by Crippen LogP contribution is -2.27. The molecule has 1 rings (SSSR count). The van der Waals surface area contributed by atoms with E-state index in [2.05, 4.69) is 15.9 Å².